The molecule has 0 aliphatic heterocycles. The fourth-order valence-electron chi connectivity index (χ4n) is 1.85. The van der Waals surface area contributed by atoms with Crippen LogP contribution in [0.25, 0.3) is 11.3 Å². The van der Waals surface area contributed by atoms with Crippen molar-refractivity contribution in [2.45, 2.75) is 0 Å². The molecular formula is C15H9ClFN3OS. The van der Waals surface area contributed by atoms with E-state index in [4.69, 9.17) is 11.6 Å². The molecule has 4 nitrogen and oxygen atoms in total. The van der Waals surface area contributed by atoms with Gasteiger partial charge in [-0.25, -0.2) is 9.37 Å². The summed E-state index contributed by atoms with van der Waals surface area (Å²) in [6.45, 7) is 0. The monoisotopic (exact) mass is 333 g/mol. The van der Waals surface area contributed by atoms with Gasteiger partial charge in [-0.3, -0.25) is 15.1 Å². The fraction of sp³-hybridized carbons (Fsp3) is 0. The molecule has 7 heteroatoms. The minimum Gasteiger partial charge on any atom is -0.298 e. The summed E-state index contributed by atoms with van der Waals surface area (Å²) in [5, 5.41) is 4.76. The maximum atomic E-state index is 13.7. The molecule has 2 aromatic heterocycles. The largest absolute Gasteiger partial charge is 0.298 e. The Bertz CT molecular complexity index is 802. The van der Waals surface area contributed by atoms with E-state index in [0.717, 1.165) is 5.56 Å². The van der Waals surface area contributed by atoms with Crippen LogP contribution in [0.15, 0.2) is 48.1 Å². The van der Waals surface area contributed by atoms with Crippen LogP contribution in [-0.2, 0) is 0 Å². The van der Waals surface area contributed by atoms with Crippen LogP contribution < -0.4 is 5.32 Å². The number of carbonyl (C=O) groups excluding carboxylic acids is 1. The number of thiazole rings is 1. The van der Waals surface area contributed by atoms with E-state index in [-0.39, 0.29) is 10.6 Å². The molecule has 1 N–H and O–H groups in total. The SMILES string of the molecule is O=C(Nc1nc(-c2cccnc2)cs1)c1c(F)cccc1Cl. The Morgan fingerprint density at radius 3 is 2.86 bits per heavy atom. The van der Waals surface area contributed by atoms with Crippen LogP contribution in [-0.4, -0.2) is 15.9 Å². The van der Waals surface area contributed by atoms with Gasteiger partial charge in [-0.15, -0.1) is 11.3 Å². The van der Waals surface area contributed by atoms with E-state index in [1.165, 1.54) is 29.5 Å². The van der Waals surface area contributed by atoms with Crippen LogP contribution in [0.3, 0.4) is 0 Å². The number of amides is 1. The van der Waals surface area contributed by atoms with E-state index >= 15 is 0 Å². The molecule has 3 aromatic rings. The Balaban J connectivity index is 1.82. The van der Waals surface area contributed by atoms with E-state index < -0.39 is 11.7 Å². The number of nitrogens with one attached hydrogen (secondary N) is 1. The van der Waals surface area contributed by atoms with Crippen molar-refractivity contribution in [3.8, 4) is 11.3 Å². The van der Waals surface area contributed by atoms with Gasteiger partial charge in [-0.05, 0) is 24.3 Å². The first-order valence-corrected chi connectivity index (χ1v) is 7.52. The average molecular weight is 334 g/mol. The normalized spacial score (nSPS) is 10.5. The van der Waals surface area contributed by atoms with E-state index in [9.17, 15) is 9.18 Å². The molecule has 0 spiro atoms. The topological polar surface area (TPSA) is 54.9 Å². The Labute approximate surface area is 134 Å². The summed E-state index contributed by atoms with van der Waals surface area (Å²) in [5.74, 6) is -1.30. The lowest BCUT2D eigenvalue weighted by molar-refractivity contribution is 0.102. The van der Waals surface area contributed by atoms with Gasteiger partial charge in [0.1, 0.15) is 5.82 Å². The van der Waals surface area contributed by atoms with Crippen LogP contribution in [0.2, 0.25) is 5.02 Å². The van der Waals surface area contributed by atoms with Gasteiger partial charge in [0.05, 0.1) is 16.3 Å². The summed E-state index contributed by atoms with van der Waals surface area (Å²) in [6.07, 6.45) is 3.34. The molecular weight excluding hydrogens is 325 g/mol. The second-order valence-electron chi connectivity index (χ2n) is 4.33. The van der Waals surface area contributed by atoms with Gasteiger partial charge in [0.2, 0.25) is 0 Å². The lowest BCUT2D eigenvalue weighted by Gasteiger charge is -2.05. The Morgan fingerprint density at radius 2 is 2.14 bits per heavy atom. The number of anilines is 1. The van der Waals surface area contributed by atoms with Crippen molar-refractivity contribution in [1.29, 1.82) is 0 Å². The number of hydrogen-bond acceptors (Lipinski definition) is 4. The molecule has 0 fully saturated rings. The molecule has 0 aliphatic carbocycles. The van der Waals surface area contributed by atoms with E-state index in [1.54, 1.807) is 23.8 Å². The van der Waals surface area contributed by atoms with Crippen molar-refractivity contribution in [2.75, 3.05) is 5.32 Å². The predicted octanol–water partition coefficient (Wildman–Crippen LogP) is 4.25. The standard InChI is InChI=1S/C15H9ClFN3OS/c16-10-4-1-5-11(17)13(10)14(21)20-15-19-12(8-22-15)9-3-2-6-18-7-9/h1-8H,(H,19,20,21). The molecule has 0 radical (unpaired) electrons. The zero-order valence-electron chi connectivity index (χ0n) is 11.1. The second kappa shape index (κ2) is 6.21. The molecule has 2 heterocycles. The zero-order chi connectivity index (χ0) is 15.5. The molecule has 1 aromatic carbocycles. The molecule has 0 unspecified atom stereocenters. The van der Waals surface area contributed by atoms with Crippen molar-refractivity contribution < 1.29 is 9.18 Å². The number of carbonyl (C=O) groups is 1. The van der Waals surface area contributed by atoms with Crippen molar-refractivity contribution in [2.24, 2.45) is 0 Å². The lowest BCUT2D eigenvalue weighted by Crippen LogP contribution is -2.14. The summed E-state index contributed by atoms with van der Waals surface area (Å²) < 4.78 is 13.7. The van der Waals surface area contributed by atoms with Gasteiger partial charge in [0, 0.05) is 23.3 Å². The average Bonchev–Trinajstić information content (AvgIpc) is 2.96. The lowest BCUT2D eigenvalue weighted by atomic mass is 10.2. The first-order chi connectivity index (χ1) is 10.6. The minimum absolute atomic E-state index is 0.0570. The van der Waals surface area contributed by atoms with Crippen LogP contribution in [0.4, 0.5) is 9.52 Å². The minimum atomic E-state index is -0.672. The Hall–Kier alpha value is -2.31. The number of hydrogen-bond donors (Lipinski definition) is 1. The molecule has 0 atom stereocenters. The fourth-order valence-corrected chi connectivity index (χ4v) is 2.82. The van der Waals surface area contributed by atoms with Crippen molar-refractivity contribution in [3.63, 3.8) is 0 Å². The summed E-state index contributed by atoms with van der Waals surface area (Å²) in [6, 6.07) is 7.75. The highest BCUT2D eigenvalue weighted by Gasteiger charge is 2.17. The number of benzene rings is 1. The van der Waals surface area contributed by atoms with Crippen LogP contribution in [0.1, 0.15) is 10.4 Å². The predicted molar refractivity (Wildman–Crippen MR) is 84.7 cm³/mol. The summed E-state index contributed by atoms with van der Waals surface area (Å²) in [5.41, 5.74) is 1.33. The van der Waals surface area contributed by atoms with Crippen LogP contribution in [0, 0.1) is 5.82 Å². The van der Waals surface area contributed by atoms with E-state index in [2.05, 4.69) is 15.3 Å². The maximum absolute atomic E-state index is 13.7. The number of halogens is 2. The van der Waals surface area contributed by atoms with Gasteiger partial charge in [-0.2, -0.15) is 0 Å². The van der Waals surface area contributed by atoms with Gasteiger partial charge >= 0.3 is 0 Å². The number of nitrogens with zero attached hydrogens (tertiary/aromatic N) is 2. The maximum Gasteiger partial charge on any atom is 0.261 e. The highest BCUT2D eigenvalue weighted by Crippen LogP contribution is 2.26. The molecule has 3 rings (SSSR count). The third-order valence-electron chi connectivity index (χ3n) is 2.87. The third kappa shape index (κ3) is 2.98. The Morgan fingerprint density at radius 1 is 1.27 bits per heavy atom. The molecule has 0 bridgehead atoms. The second-order valence-corrected chi connectivity index (χ2v) is 5.60. The number of pyridine rings is 1. The smallest absolute Gasteiger partial charge is 0.261 e. The van der Waals surface area contributed by atoms with Gasteiger partial charge < -0.3 is 0 Å². The van der Waals surface area contributed by atoms with Gasteiger partial charge in [-0.1, -0.05) is 17.7 Å². The quantitative estimate of drug-likeness (QED) is 0.779. The summed E-state index contributed by atoms with van der Waals surface area (Å²) >= 11 is 7.11. The van der Waals surface area contributed by atoms with Crippen LogP contribution in [0.5, 0.6) is 0 Å². The highest BCUT2D eigenvalue weighted by atomic mass is 35.5. The summed E-state index contributed by atoms with van der Waals surface area (Å²) in [7, 11) is 0. The molecule has 0 saturated carbocycles. The molecule has 1 amide bonds. The summed E-state index contributed by atoms with van der Waals surface area (Å²) in [4.78, 5) is 20.4. The van der Waals surface area contributed by atoms with E-state index in [0.29, 0.717) is 10.8 Å². The highest BCUT2D eigenvalue weighted by molar-refractivity contribution is 7.14. The van der Waals surface area contributed by atoms with Gasteiger partial charge in [0.25, 0.3) is 5.91 Å². The van der Waals surface area contributed by atoms with Crippen molar-refractivity contribution in [3.05, 3.63) is 64.5 Å². The molecule has 0 saturated heterocycles. The number of aromatic nitrogens is 2. The molecule has 110 valence electrons. The molecule has 22 heavy (non-hydrogen) atoms. The van der Waals surface area contributed by atoms with Gasteiger partial charge in [0.15, 0.2) is 5.13 Å². The van der Waals surface area contributed by atoms with Crippen LogP contribution >= 0.6 is 22.9 Å². The third-order valence-corrected chi connectivity index (χ3v) is 3.94. The first-order valence-electron chi connectivity index (χ1n) is 6.26. The number of rotatable bonds is 3. The van der Waals surface area contributed by atoms with Crippen molar-refractivity contribution in [1.82, 2.24) is 9.97 Å². The van der Waals surface area contributed by atoms with E-state index in [1.807, 2.05) is 6.07 Å². The molecule has 0 aliphatic rings. The first kappa shape index (κ1) is 14.6. The Kier molecular flexibility index (Phi) is 4.13. The zero-order valence-corrected chi connectivity index (χ0v) is 12.7. The van der Waals surface area contributed by atoms with Crippen molar-refractivity contribution >= 4 is 34.0 Å².